The van der Waals surface area contributed by atoms with Gasteiger partial charge in [0.15, 0.2) is 11.6 Å². The zero-order chi connectivity index (χ0) is 20.8. The Balaban J connectivity index is 1.66. The number of anilines is 5. The molecule has 1 heterocycles. The molecule has 6 N–H and O–H groups in total. The summed E-state index contributed by atoms with van der Waals surface area (Å²) in [5, 5.41) is 6.29. The van der Waals surface area contributed by atoms with E-state index in [1.165, 1.54) is 13.3 Å². The highest BCUT2D eigenvalue weighted by Crippen LogP contribution is 2.26. The van der Waals surface area contributed by atoms with E-state index in [1.807, 2.05) is 0 Å². The van der Waals surface area contributed by atoms with Gasteiger partial charge in [0.1, 0.15) is 12.0 Å². The van der Waals surface area contributed by atoms with Crippen LogP contribution < -0.4 is 27.2 Å². The van der Waals surface area contributed by atoms with Gasteiger partial charge < -0.3 is 16.4 Å². The van der Waals surface area contributed by atoms with Crippen molar-refractivity contribution in [2.45, 2.75) is 6.92 Å². The molecule has 2 aromatic carbocycles. The molecular formula is C19H18ClN7O2. The molecule has 0 bridgehead atoms. The molecule has 0 aliphatic rings. The topological polar surface area (TPSA) is 134 Å². The summed E-state index contributed by atoms with van der Waals surface area (Å²) in [4.78, 5) is 31.4. The van der Waals surface area contributed by atoms with Gasteiger partial charge in [0.25, 0.3) is 5.91 Å². The summed E-state index contributed by atoms with van der Waals surface area (Å²) in [6.45, 7) is 1.44. The smallest absolute Gasteiger partial charge is 0.269 e. The molecule has 0 atom stereocenters. The minimum atomic E-state index is -0.372. The average Bonchev–Trinajstić information content (AvgIpc) is 2.70. The molecule has 3 rings (SSSR count). The highest BCUT2D eigenvalue weighted by Gasteiger charge is 2.11. The third-order valence-corrected chi connectivity index (χ3v) is 4.00. The average molecular weight is 412 g/mol. The van der Waals surface area contributed by atoms with Crippen LogP contribution in [0.1, 0.15) is 17.3 Å². The third-order valence-electron chi connectivity index (χ3n) is 3.75. The molecule has 2 amide bonds. The number of nitrogens with zero attached hydrogens (tertiary/aromatic N) is 2. The fourth-order valence-corrected chi connectivity index (χ4v) is 2.49. The van der Waals surface area contributed by atoms with Gasteiger partial charge in [0.2, 0.25) is 5.91 Å². The summed E-state index contributed by atoms with van der Waals surface area (Å²) in [5.41, 5.74) is 13.3. The number of benzene rings is 2. The lowest BCUT2D eigenvalue weighted by Gasteiger charge is -2.13. The predicted molar refractivity (Wildman–Crippen MR) is 113 cm³/mol. The van der Waals surface area contributed by atoms with Crippen molar-refractivity contribution >= 4 is 52.1 Å². The molecule has 0 unspecified atom stereocenters. The van der Waals surface area contributed by atoms with E-state index in [0.29, 0.717) is 27.8 Å². The number of rotatable bonds is 6. The van der Waals surface area contributed by atoms with Crippen LogP contribution in [0.5, 0.6) is 0 Å². The lowest BCUT2D eigenvalue weighted by Crippen LogP contribution is -2.30. The third kappa shape index (κ3) is 5.33. The molecule has 1 aromatic heterocycles. The Kier molecular flexibility index (Phi) is 6.10. The highest BCUT2D eigenvalue weighted by atomic mass is 35.5. The van der Waals surface area contributed by atoms with Gasteiger partial charge >= 0.3 is 0 Å². The monoisotopic (exact) mass is 411 g/mol. The Morgan fingerprint density at radius 3 is 2.21 bits per heavy atom. The summed E-state index contributed by atoms with van der Waals surface area (Å²) in [6.07, 6.45) is 1.31. The summed E-state index contributed by atoms with van der Waals surface area (Å²) in [6, 6.07) is 13.5. The van der Waals surface area contributed by atoms with Crippen LogP contribution in [-0.4, -0.2) is 21.8 Å². The minimum Gasteiger partial charge on any atom is -0.393 e. The zero-order valence-electron chi connectivity index (χ0n) is 15.4. The quantitative estimate of drug-likeness (QED) is 0.393. The number of hydrogen-bond donors (Lipinski definition) is 5. The van der Waals surface area contributed by atoms with Gasteiger partial charge in [-0.2, -0.15) is 0 Å². The second kappa shape index (κ2) is 8.89. The molecule has 0 radical (unpaired) electrons. The van der Waals surface area contributed by atoms with E-state index in [9.17, 15) is 9.59 Å². The van der Waals surface area contributed by atoms with E-state index in [2.05, 4.69) is 31.5 Å². The Morgan fingerprint density at radius 1 is 0.931 bits per heavy atom. The van der Waals surface area contributed by atoms with Crippen LogP contribution in [-0.2, 0) is 4.79 Å². The normalized spacial score (nSPS) is 10.1. The Labute approximate surface area is 171 Å². The van der Waals surface area contributed by atoms with Crippen molar-refractivity contribution in [1.82, 2.24) is 15.4 Å². The van der Waals surface area contributed by atoms with E-state index in [1.54, 1.807) is 48.5 Å². The maximum atomic E-state index is 12.2. The molecule has 0 fully saturated rings. The van der Waals surface area contributed by atoms with Gasteiger partial charge in [-0.05, 0) is 48.5 Å². The summed E-state index contributed by atoms with van der Waals surface area (Å²) >= 11 is 5.82. The van der Waals surface area contributed by atoms with Crippen molar-refractivity contribution in [1.29, 1.82) is 0 Å². The van der Waals surface area contributed by atoms with Crippen LogP contribution >= 0.6 is 11.6 Å². The van der Waals surface area contributed by atoms with Crippen molar-refractivity contribution < 1.29 is 9.59 Å². The van der Waals surface area contributed by atoms with E-state index in [4.69, 9.17) is 17.3 Å². The van der Waals surface area contributed by atoms with E-state index in [-0.39, 0.29) is 23.3 Å². The summed E-state index contributed by atoms with van der Waals surface area (Å²) in [5.74, 6) is 0.0695. The highest BCUT2D eigenvalue weighted by molar-refractivity contribution is 6.30. The first-order chi connectivity index (χ1) is 13.9. The Bertz CT molecular complexity index is 1020. The first-order valence-electron chi connectivity index (χ1n) is 8.49. The van der Waals surface area contributed by atoms with Crippen LogP contribution in [0.2, 0.25) is 5.02 Å². The predicted octanol–water partition coefficient (Wildman–Crippen LogP) is 3.17. The van der Waals surface area contributed by atoms with Crippen LogP contribution in [0.4, 0.5) is 28.7 Å². The first-order valence-corrected chi connectivity index (χ1v) is 8.87. The molecule has 29 heavy (non-hydrogen) atoms. The second-order valence-corrected chi connectivity index (χ2v) is 6.39. The van der Waals surface area contributed by atoms with Crippen molar-refractivity contribution in [2.75, 3.05) is 21.8 Å². The molecule has 0 aliphatic carbocycles. The number of amides is 2. The van der Waals surface area contributed by atoms with Crippen molar-refractivity contribution in [3.63, 3.8) is 0 Å². The van der Waals surface area contributed by atoms with Crippen molar-refractivity contribution in [3.8, 4) is 0 Å². The standard InChI is InChI=1S/C19H18ClN7O2/c1-11(28)24-14-6-8-15(9-7-14)25-17-16(21)18(23-10-22-17)26-27-19(29)12-2-4-13(20)5-3-12/h2-10H,21H2,1H3,(H,24,28)(H,27,29)(H2,22,23,25,26). The summed E-state index contributed by atoms with van der Waals surface area (Å²) < 4.78 is 0. The first kappa shape index (κ1) is 19.9. The van der Waals surface area contributed by atoms with E-state index in [0.717, 1.165) is 0 Å². The molecule has 10 heteroatoms. The Morgan fingerprint density at radius 2 is 1.55 bits per heavy atom. The Hall–Kier alpha value is -3.85. The maximum Gasteiger partial charge on any atom is 0.269 e. The van der Waals surface area contributed by atoms with Gasteiger partial charge in [0, 0.05) is 28.9 Å². The second-order valence-electron chi connectivity index (χ2n) is 5.95. The molecule has 0 aliphatic heterocycles. The van der Waals surface area contributed by atoms with Crippen molar-refractivity contribution in [3.05, 3.63) is 65.4 Å². The van der Waals surface area contributed by atoms with Crippen LogP contribution in [0, 0.1) is 0 Å². The molecular weight excluding hydrogens is 394 g/mol. The fraction of sp³-hybridized carbons (Fsp3) is 0.0526. The number of hydrazine groups is 1. The van der Waals surface area contributed by atoms with Crippen LogP contribution in [0.25, 0.3) is 0 Å². The van der Waals surface area contributed by atoms with Crippen molar-refractivity contribution in [2.24, 2.45) is 0 Å². The number of carbonyl (C=O) groups is 2. The molecule has 0 saturated heterocycles. The number of halogens is 1. The van der Waals surface area contributed by atoms with E-state index < -0.39 is 0 Å². The van der Waals surface area contributed by atoms with Crippen LogP contribution in [0.3, 0.4) is 0 Å². The lowest BCUT2D eigenvalue weighted by atomic mass is 10.2. The summed E-state index contributed by atoms with van der Waals surface area (Å²) in [7, 11) is 0. The molecule has 0 spiro atoms. The molecule has 0 saturated carbocycles. The minimum absolute atomic E-state index is 0.151. The number of nitrogens with one attached hydrogen (secondary N) is 4. The van der Waals surface area contributed by atoms with Gasteiger partial charge in [-0.15, -0.1) is 0 Å². The lowest BCUT2D eigenvalue weighted by molar-refractivity contribution is -0.114. The maximum absolute atomic E-state index is 12.2. The number of carbonyl (C=O) groups excluding carboxylic acids is 2. The van der Waals surface area contributed by atoms with Gasteiger partial charge in [-0.3, -0.25) is 20.4 Å². The number of nitrogens with two attached hydrogens (primary N) is 1. The molecule has 9 nitrogen and oxygen atoms in total. The van der Waals surface area contributed by atoms with Gasteiger partial charge in [0.05, 0.1) is 0 Å². The van der Waals surface area contributed by atoms with Gasteiger partial charge in [-0.25, -0.2) is 9.97 Å². The fourth-order valence-electron chi connectivity index (χ4n) is 2.36. The largest absolute Gasteiger partial charge is 0.393 e. The van der Waals surface area contributed by atoms with Gasteiger partial charge in [-0.1, -0.05) is 11.6 Å². The van der Waals surface area contributed by atoms with E-state index >= 15 is 0 Å². The number of nitrogen functional groups attached to an aromatic ring is 1. The van der Waals surface area contributed by atoms with Crippen LogP contribution in [0.15, 0.2) is 54.9 Å². The SMILES string of the molecule is CC(=O)Nc1ccc(Nc2ncnc(NNC(=O)c3ccc(Cl)cc3)c2N)cc1. The molecule has 3 aromatic rings. The molecule has 148 valence electrons. The zero-order valence-corrected chi connectivity index (χ0v) is 16.1. The number of aromatic nitrogens is 2. The number of hydrogen-bond acceptors (Lipinski definition) is 7.